The topological polar surface area (TPSA) is 41.5 Å². The summed E-state index contributed by atoms with van der Waals surface area (Å²) in [6.45, 7) is 4.83. The van der Waals surface area contributed by atoms with Crippen molar-refractivity contribution in [3.05, 3.63) is 29.8 Å². The average molecular weight is 247 g/mol. The molecule has 0 radical (unpaired) electrons. The molecule has 1 aromatic rings. The standard InChI is InChI=1S/C15H21NO2/c1-4-9-18-15-8-6-5-7-14(15)11-16-12(2)10-13(3)17/h1,5-8,12-13,16-17H,9-11H2,2-3H3. The number of hydrogen-bond donors (Lipinski definition) is 2. The van der Waals surface area contributed by atoms with Gasteiger partial charge in [-0.1, -0.05) is 24.1 Å². The Labute approximate surface area is 109 Å². The molecule has 0 heterocycles. The lowest BCUT2D eigenvalue weighted by molar-refractivity contribution is 0.170. The maximum absolute atomic E-state index is 9.30. The minimum absolute atomic E-state index is 0.255. The fraction of sp³-hybridized carbons (Fsp3) is 0.467. The van der Waals surface area contributed by atoms with Gasteiger partial charge in [-0.05, 0) is 26.3 Å². The highest BCUT2D eigenvalue weighted by Gasteiger charge is 2.07. The summed E-state index contributed by atoms with van der Waals surface area (Å²) in [5.41, 5.74) is 1.07. The van der Waals surface area contributed by atoms with Crippen LogP contribution in [0.2, 0.25) is 0 Å². The molecule has 3 heteroatoms. The first-order valence-electron chi connectivity index (χ1n) is 6.19. The van der Waals surface area contributed by atoms with Crippen LogP contribution in [-0.2, 0) is 6.54 Å². The van der Waals surface area contributed by atoms with Gasteiger partial charge >= 0.3 is 0 Å². The van der Waals surface area contributed by atoms with Crippen molar-refractivity contribution in [2.24, 2.45) is 0 Å². The third-order valence-electron chi connectivity index (χ3n) is 2.62. The molecule has 1 rings (SSSR count). The molecule has 0 aromatic heterocycles. The number of benzene rings is 1. The van der Waals surface area contributed by atoms with Crippen LogP contribution in [0.1, 0.15) is 25.8 Å². The lowest BCUT2D eigenvalue weighted by Crippen LogP contribution is -2.28. The molecule has 18 heavy (non-hydrogen) atoms. The van der Waals surface area contributed by atoms with Crippen LogP contribution in [0.3, 0.4) is 0 Å². The average Bonchev–Trinajstić information content (AvgIpc) is 2.34. The highest BCUT2D eigenvalue weighted by Crippen LogP contribution is 2.17. The number of hydrogen-bond acceptors (Lipinski definition) is 3. The summed E-state index contributed by atoms with van der Waals surface area (Å²) in [7, 11) is 0. The molecule has 0 spiro atoms. The van der Waals surface area contributed by atoms with E-state index in [1.807, 2.05) is 24.3 Å². The van der Waals surface area contributed by atoms with Crippen molar-refractivity contribution in [3.8, 4) is 18.1 Å². The van der Waals surface area contributed by atoms with E-state index in [9.17, 15) is 5.11 Å². The van der Waals surface area contributed by atoms with Crippen LogP contribution in [0.4, 0.5) is 0 Å². The quantitative estimate of drug-likeness (QED) is 0.724. The Morgan fingerprint density at radius 1 is 1.39 bits per heavy atom. The van der Waals surface area contributed by atoms with E-state index < -0.39 is 0 Å². The molecule has 0 bridgehead atoms. The van der Waals surface area contributed by atoms with Gasteiger partial charge < -0.3 is 15.2 Å². The van der Waals surface area contributed by atoms with Crippen molar-refractivity contribution in [1.29, 1.82) is 0 Å². The second-order valence-electron chi connectivity index (χ2n) is 4.47. The van der Waals surface area contributed by atoms with E-state index in [1.54, 1.807) is 6.92 Å². The van der Waals surface area contributed by atoms with E-state index >= 15 is 0 Å². The normalized spacial score (nSPS) is 13.7. The Kier molecular flexibility index (Phi) is 6.27. The summed E-state index contributed by atoms with van der Waals surface area (Å²) in [6, 6.07) is 8.07. The maximum Gasteiger partial charge on any atom is 0.148 e. The molecule has 0 aliphatic heterocycles. The SMILES string of the molecule is C#CCOc1ccccc1CNC(C)CC(C)O. The van der Waals surface area contributed by atoms with Crippen LogP contribution < -0.4 is 10.1 Å². The summed E-state index contributed by atoms with van der Waals surface area (Å²) in [4.78, 5) is 0. The van der Waals surface area contributed by atoms with E-state index in [0.29, 0.717) is 6.54 Å². The highest BCUT2D eigenvalue weighted by molar-refractivity contribution is 5.33. The smallest absolute Gasteiger partial charge is 0.148 e. The van der Waals surface area contributed by atoms with Crippen LogP contribution in [0, 0.1) is 12.3 Å². The Balaban J connectivity index is 2.53. The van der Waals surface area contributed by atoms with Crippen molar-refractivity contribution < 1.29 is 9.84 Å². The fourth-order valence-electron chi connectivity index (χ4n) is 1.79. The summed E-state index contributed by atoms with van der Waals surface area (Å²) in [5, 5.41) is 12.7. The van der Waals surface area contributed by atoms with E-state index in [1.165, 1.54) is 0 Å². The molecule has 2 N–H and O–H groups in total. The van der Waals surface area contributed by atoms with Gasteiger partial charge in [-0.2, -0.15) is 0 Å². The van der Waals surface area contributed by atoms with Crippen molar-refractivity contribution >= 4 is 0 Å². The van der Waals surface area contributed by atoms with E-state index in [-0.39, 0.29) is 18.8 Å². The molecule has 0 fully saturated rings. The molecule has 2 atom stereocenters. The van der Waals surface area contributed by atoms with Gasteiger partial charge in [0, 0.05) is 18.2 Å². The predicted molar refractivity (Wildman–Crippen MR) is 73.4 cm³/mol. The van der Waals surface area contributed by atoms with Crippen molar-refractivity contribution in [3.63, 3.8) is 0 Å². The van der Waals surface area contributed by atoms with E-state index in [4.69, 9.17) is 11.2 Å². The maximum atomic E-state index is 9.30. The number of aliphatic hydroxyl groups excluding tert-OH is 1. The second kappa shape index (κ2) is 7.75. The molecular weight excluding hydrogens is 226 g/mol. The summed E-state index contributed by atoms with van der Waals surface area (Å²) < 4.78 is 5.47. The molecule has 0 aliphatic rings. The van der Waals surface area contributed by atoms with Crippen LogP contribution in [-0.4, -0.2) is 23.9 Å². The minimum atomic E-state index is -0.291. The Morgan fingerprint density at radius 3 is 2.78 bits per heavy atom. The van der Waals surface area contributed by atoms with Gasteiger partial charge in [0.05, 0.1) is 6.10 Å². The summed E-state index contributed by atoms with van der Waals surface area (Å²) >= 11 is 0. The van der Waals surface area contributed by atoms with Gasteiger partial charge in [-0.3, -0.25) is 0 Å². The Hall–Kier alpha value is -1.50. The van der Waals surface area contributed by atoms with Gasteiger partial charge in [0.25, 0.3) is 0 Å². The van der Waals surface area contributed by atoms with Gasteiger partial charge in [0.2, 0.25) is 0 Å². The van der Waals surface area contributed by atoms with Gasteiger partial charge in [0.15, 0.2) is 0 Å². The van der Waals surface area contributed by atoms with E-state index in [2.05, 4.69) is 18.2 Å². The predicted octanol–water partition coefficient (Wildman–Crippen LogP) is 1.95. The molecule has 0 saturated heterocycles. The zero-order valence-corrected chi connectivity index (χ0v) is 11.0. The van der Waals surface area contributed by atoms with Crippen LogP contribution in [0.25, 0.3) is 0 Å². The van der Waals surface area contributed by atoms with Crippen molar-refractivity contribution in [2.45, 2.75) is 39.0 Å². The molecule has 0 aliphatic carbocycles. The summed E-state index contributed by atoms with van der Waals surface area (Å²) in [5.74, 6) is 3.27. The monoisotopic (exact) mass is 247 g/mol. The van der Waals surface area contributed by atoms with Crippen LogP contribution in [0.5, 0.6) is 5.75 Å². The van der Waals surface area contributed by atoms with Crippen molar-refractivity contribution in [2.75, 3.05) is 6.61 Å². The zero-order valence-electron chi connectivity index (χ0n) is 11.0. The number of nitrogens with one attached hydrogen (secondary N) is 1. The third-order valence-corrected chi connectivity index (χ3v) is 2.62. The fourth-order valence-corrected chi connectivity index (χ4v) is 1.79. The third kappa shape index (κ3) is 5.22. The van der Waals surface area contributed by atoms with Crippen molar-refractivity contribution in [1.82, 2.24) is 5.32 Å². The molecular formula is C15H21NO2. The Bertz CT molecular complexity index is 396. The first-order valence-corrected chi connectivity index (χ1v) is 6.19. The number of rotatable bonds is 7. The number of ether oxygens (including phenoxy) is 1. The number of para-hydroxylation sites is 1. The molecule has 0 amide bonds. The second-order valence-corrected chi connectivity index (χ2v) is 4.47. The van der Waals surface area contributed by atoms with Gasteiger partial charge in [-0.25, -0.2) is 0 Å². The number of terminal acetylenes is 1. The summed E-state index contributed by atoms with van der Waals surface area (Å²) in [6.07, 6.45) is 5.62. The largest absolute Gasteiger partial charge is 0.481 e. The Morgan fingerprint density at radius 2 is 2.11 bits per heavy atom. The lowest BCUT2D eigenvalue weighted by Gasteiger charge is -2.16. The zero-order chi connectivity index (χ0) is 13.4. The number of aliphatic hydroxyl groups is 1. The molecule has 2 unspecified atom stereocenters. The van der Waals surface area contributed by atoms with E-state index in [0.717, 1.165) is 17.7 Å². The van der Waals surface area contributed by atoms with Crippen LogP contribution >= 0.6 is 0 Å². The lowest BCUT2D eigenvalue weighted by atomic mass is 10.1. The first kappa shape index (κ1) is 14.6. The van der Waals surface area contributed by atoms with Gasteiger partial charge in [-0.15, -0.1) is 6.42 Å². The first-order chi connectivity index (χ1) is 8.63. The molecule has 0 saturated carbocycles. The minimum Gasteiger partial charge on any atom is -0.481 e. The molecule has 3 nitrogen and oxygen atoms in total. The molecule has 1 aromatic carbocycles. The van der Waals surface area contributed by atoms with Crippen LogP contribution in [0.15, 0.2) is 24.3 Å². The highest BCUT2D eigenvalue weighted by atomic mass is 16.5. The molecule has 98 valence electrons. The van der Waals surface area contributed by atoms with Gasteiger partial charge in [0.1, 0.15) is 12.4 Å².